The van der Waals surface area contributed by atoms with E-state index < -0.39 is 48.7 Å². The molecule has 0 bridgehead atoms. The summed E-state index contributed by atoms with van der Waals surface area (Å²) < 4.78 is 48.5. The number of hydrogen-bond donors (Lipinski definition) is 6. The number of aryl methyl sites for hydroxylation is 1. The van der Waals surface area contributed by atoms with Crippen LogP contribution in [0.5, 0.6) is 0 Å². The number of nitrogens with one attached hydrogen (secondary N) is 2. The number of imidazole rings is 1. The maximum atomic E-state index is 13.8. The largest absolute Gasteiger partial charge is 0.416 e. The van der Waals surface area contributed by atoms with Gasteiger partial charge in [0.05, 0.1) is 29.1 Å². The van der Waals surface area contributed by atoms with Crippen molar-refractivity contribution in [1.29, 1.82) is 0 Å². The number of aromatic nitrogens is 4. The van der Waals surface area contributed by atoms with E-state index >= 15 is 0 Å². The molecule has 17 heteroatoms. The lowest BCUT2D eigenvalue weighted by molar-refractivity contribution is -0.137. The van der Waals surface area contributed by atoms with E-state index in [2.05, 4.69) is 25.6 Å². The van der Waals surface area contributed by atoms with Gasteiger partial charge in [-0.3, -0.25) is 14.2 Å². The molecule has 0 radical (unpaired) electrons. The summed E-state index contributed by atoms with van der Waals surface area (Å²) in [5.74, 6) is -0.297. The number of anilines is 3. The Balaban J connectivity index is 0.901. The van der Waals surface area contributed by atoms with Crippen molar-refractivity contribution in [2.24, 2.45) is 0 Å². The van der Waals surface area contributed by atoms with Crippen molar-refractivity contribution in [2.45, 2.75) is 43.6 Å². The van der Waals surface area contributed by atoms with Gasteiger partial charge < -0.3 is 36.4 Å². The Bertz CT molecular complexity index is 2690. The molecule has 0 unspecified atom stereocenters. The monoisotopic (exact) mass is 849 g/mol. The molecule has 1 amide bonds. The number of halogens is 3. The highest BCUT2D eigenvalue weighted by atomic mass is 32.1. The van der Waals surface area contributed by atoms with Gasteiger partial charge in [-0.15, -0.1) is 11.3 Å². The van der Waals surface area contributed by atoms with E-state index in [1.54, 1.807) is 54.6 Å². The van der Waals surface area contributed by atoms with Gasteiger partial charge in [0.25, 0.3) is 5.91 Å². The van der Waals surface area contributed by atoms with Gasteiger partial charge >= 0.3 is 6.18 Å². The summed E-state index contributed by atoms with van der Waals surface area (Å²) in [6.45, 7) is -0.0645. The third-order valence-corrected chi connectivity index (χ3v) is 11.4. The molecule has 8 rings (SSSR count). The number of hydrogen-bond acceptors (Lipinski definition) is 12. The number of thiophene rings is 1. The summed E-state index contributed by atoms with van der Waals surface area (Å²) in [7, 11) is 0. The van der Waals surface area contributed by atoms with Crippen LogP contribution in [0.1, 0.15) is 50.1 Å². The Morgan fingerprint density at radius 3 is 2.33 bits per heavy atom. The predicted octanol–water partition coefficient (Wildman–Crippen LogP) is 6.77. The summed E-state index contributed by atoms with van der Waals surface area (Å²) in [4.78, 5) is 40.4. The first kappa shape index (κ1) is 41.2. The molecule has 0 spiro atoms. The van der Waals surface area contributed by atoms with E-state index in [4.69, 9.17) is 10.5 Å². The third-order valence-electron chi connectivity index (χ3n) is 10.4. The number of nitrogens with zero attached hydrogens (tertiary/aromatic N) is 4. The third kappa shape index (κ3) is 8.46. The number of benzene rings is 4. The molecule has 61 heavy (non-hydrogen) atoms. The molecule has 3 aromatic heterocycles. The van der Waals surface area contributed by atoms with E-state index in [-0.39, 0.29) is 22.0 Å². The minimum atomic E-state index is -4.60. The molecule has 1 saturated heterocycles. The normalized spacial score (nSPS) is 17.7. The van der Waals surface area contributed by atoms with Crippen molar-refractivity contribution in [3.05, 3.63) is 144 Å². The SMILES string of the molecule is Nc1sc(-c2ccc(C(=O)NCCCc3ccc(Nc4ncnc5c4ncn5[C@@H]4O[C@H](CO)[C@@H](O)[C@H]4O)cc3)cc2)c(-c2cccc(C(F)(F)F)c2)c1C(=O)c1ccccc1. The van der Waals surface area contributed by atoms with Gasteiger partial charge in [-0.1, -0.05) is 66.7 Å². The van der Waals surface area contributed by atoms with Crippen molar-refractivity contribution >= 4 is 50.7 Å². The van der Waals surface area contributed by atoms with Gasteiger partial charge in [0.15, 0.2) is 29.0 Å². The standard InChI is InChI=1S/C44H38F3N7O6S/c45-44(46,47)29-10-4-9-28(20-29)32-33(35(56)25-7-2-1-3-8-25)39(48)61-38(32)26-13-15-27(16-14-26)42(59)49-19-5-6-24-11-17-30(18-12-24)53-40-34-41(51-22-50-40)54(23-52-34)43-37(58)36(57)31(21-55)60-43/h1-4,7-18,20,22-23,31,36-37,43,55,57-58H,5-6,19,21,48H2,(H,49,59)(H,50,51,53)/t31-,36-,37-,43-/m1/s1. The van der Waals surface area contributed by atoms with Crippen molar-refractivity contribution in [3.8, 4) is 21.6 Å². The fourth-order valence-corrected chi connectivity index (χ4v) is 8.33. The first-order chi connectivity index (χ1) is 29.4. The number of aliphatic hydroxyl groups is 3. The number of aliphatic hydroxyl groups excluding tert-OH is 3. The van der Waals surface area contributed by atoms with E-state index in [0.717, 1.165) is 34.7 Å². The van der Waals surface area contributed by atoms with Crippen LogP contribution in [0.4, 0.5) is 29.7 Å². The Kier molecular flexibility index (Phi) is 11.7. The molecule has 4 heterocycles. The van der Waals surface area contributed by atoms with Crippen molar-refractivity contribution in [2.75, 3.05) is 24.2 Å². The number of fused-ring (bicyclic) bond motifs is 1. The van der Waals surface area contributed by atoms with Gasteiger partial charge in [0, 0.05) is 33.8 Å². The highest BCUT2D eigenvalue weighted by Crippen LogP contribution is 2.47. The predicted molar refractivity (Wildman–Crippen MR) is 223 cm³/mol. The number of carbonyl (C=O) groups is 2. The van der Waals surface area contributed by atoms with Crippen molar-refractivity contribution < 1.29 is 42.8 Å². The summed E-state index contributed by atoms with van der Waals surface area (Å²) in [6.07, 6.45) is -5.00. The lowest BCUT2D eigenvalue weighted by atomic mass is 9.92. The fraction of sp³-hybridized carbons (Fsp3) is 0.205. The number of ketones is 1. The molecule has 312 valence electrons. The molecule has 1 aliphatic heterocycles. The number of carbonyl (C=O) groups excluding carboxylic acids is 2. The summed E-state index contributed by atoms with van der Waals surface area (Å²) >= 11 is 1.10. The lowest BCUT2D eigenvalue weighted by Gasteiger charge is -2.16. The van der Waals surface area contributed by atoms with Gasteiger partial charge in [0.1, 0.15) is 24.6 Å². The second kappa shape index (κ2) is 17.2. The van der Waals surface area contributed by atoms with Crippen LogP contribution in [0.3, 0.4) is 0 Å². The smallest absolute Gasteiger partial charge is 0.394 e. The lowest BCUT2D eigenvalue weighted by Crippen LogP contribution is -2.33. The van der Waals surface area contributed by atoms with E-state index in [1.165, 1.54) is 29.4 Å². The molecule has 1 aliphatic rings. The van der Waals surface area contributed by atoms with Crippen LogP contribution in [0.15, 0.2) is 116 Å². The molecule has 0 saturated carbocycles. The van der Waals surface area contributed by atoms with Crippen LogP contribution < -0.4 is 16.4 Å². The Hall–Kier alpha value is -6.50. The summed E-state index contributed by atoms with van der Waals surface area (Å²) in [6, 6.07) is 27.5. The molecule has 13 nitrogen and oxygen atoms in total. The minimum absolute atomic E-state index is 0.118. The minimum Gasteiger partial charge on any atom is -0.394 e. The van der Waals surface area contributed by atoms with Gasteiger partial charge in [0.2, 0.25) is 0 Å². The molecular formula is C44H38F3N7O6S. The van der Waals surface area contributed by atoms with Gasteiger partial charge in [-0.05, 0) is 65.9 Å². The van der Waals surface area contributed by atoms with E-state index in [1.807, 2.05) is 24.3 Å². The maximum absolute atomic E-state index is 13.8. The average molecular weight is 850 g/mol. The van der Waals surface area contributed by atoms with Crippen LogP contribution in [0.2, 0.25) is 0 Å². The average Bonchev–Trinajstić information content (AvgIpc) is 3.95. The van der Waals surface area contributed by atoms with Crippen molar-refractivity contribution in [3.63, 3.8) is 0 Å². The zero-order chi connectivity index (χ0) is 42.8. The first-order valence-corrected chi connectivity index (χ1v) is 20.0. The van der Waals surface area contributed by atoms with Gasteiger partial charge in [-0.25, -0.2) is 15.0 Å². The number of alkyl halides is 3. The molecule has 7 aromatic rings. The summed E-state index contributed by atoms with van der Waals surface area (Å²) in [5, 5.41) is 36.5. The zero-order valence-corrected chi connectivity index (χ0v) is 32.9. The molecule has 0 aliphatic carbocycles. The highest BCUT2D eigenvalue weighted by Gasteiger charge is 2.44. The Morgan fingerprint density at radius 1 is 0.869 bits per heavy atom. The first-order valence-electron chi connectivity index (χ1n) is 19.2. The topological polar surface area (TPSA) is 198 Å². The van der Waals surface area contributed by atoms with Crippen LogP contribution in [-0.4, -0.2) is 78.0 Å². The quantitative estimate of drug-likeness (QED) is 0.0529. The van der Waals surface area contributed by atoms with E-state index in [9.17, 15) is 38.1 Å². The molecule has 4 aromatic carbocycles. The Morgan fingerprint density at radius 2 is 1.62 bits per heavy atom. The molecule has 1 fully saturated rings. The van der Waals surface area contributed by atoms with Gasteiger partial charge in [-0.2, -0.15) is 13.2 Å². The van der Waals surface area contributed by atoms with Crippen LogP contribution in [0, 0.1) is 0 Å². The highest BCUT2D eigenvalue weighted by molar-refractivity contribution is 7.20. The second-order valence-electron chi connectivity index (χ2n) is 14.4. The zero-order valence-electron chi connectivity index (χ0n) is 32.1. The van der Waals surface area contributed by atoms with Crippen LogP contribution in [0.25, 0.3) is 32.7 Å². The van der Waals surface area contributed by atoms with Crippen LogP contribution in [-0.2, 0) is 17.3 Å². The fourth-order valence-electron chi connectivity index (χ4n) is 7.24. The maximum Gasteiger partial charge on any atom is 0.416 e. The Labute approximate surface area is 350 Å². The van der Waals surface area contributed by atoms with E-state index in [0.29, 0.717) is 63.5 Å². The molecule has 7 N–H and O–H groups in total. The number of ether oxygens (including phenoxy) is 1. The number of nitrogen functional groups attached to an aromatic ring is 1. The number of amides is 1. The second-order valence-corrected chi connectivity index (χ2v) is 15.4. The number of rotatable bonds is 13. The summed E-state index contributed by atoms with van der Waals surface area (Å²) in [5.41, 5.74) is 10.0. The van der Waals surface area contributed by atoms with Crippen LogP contribution >= 0.6 is 11.3 Å². The van der Waals surface area contributed by atoms with Crippen molar-refractivity contribution in [1.82, 2.24) is 24.8 Å². The molecular weight excluding hydrogens is 812 g/mol. The number of nitrogens with two attached hydrogens (primary N) is 1. The molecule has 4 atom stereocenters.